The molecule has 0 aromatic heterocycles. The lowest BCUT2D eigenvalue weighted by atomic mass is 9.84. The van der Waals surface area contributed by atoms with Crippen molar-refractivity contribution in [1.82, 2.24) is 15.1 Å². The highest BCUT2D eigenvalue weighted by Crippen LogP contribution is 2.36. The summed E-state index contributed by atoms with van der Waals surface area (Å²) in [6.07, 6.45) is 2.16. The number of ether oxygens (including phenoxy) is 1. The molecule has 8 nitrogen and oxygen atoms in total. The van der Waals surface area contributed by atoms with Gasteiger partial charge in [0.1, 0.15) is 11.6 Å². The van der Waals surface area contributed by atoms with Gasteiger partial charge in [-0.1, -0.05) is 60.7 Å². The molecular weight excluding hydrogens is 468 g/mol. The third-order valence-corrected chi connectivity index (χ3v) is 7.02. The van der Waals surface area contributed by atoms with Gasteiger partial charge in [-0.2, -0.15) is 0 Å². The molecule has 8 heteroatoms. The van der Waals surface area contributed by atoms with Gasteiger partial charge in [0.05, 0.1) is 25.3 Å². The van der Waals surface area contributed by atoms with E-state index in [2.05, 4.69) is 10.2 Å². The third kappa shape index (κ3) is 5.92. The number of piperazine rings is 1. The minimum Gasteiger partial charge on any atom is -0.374 e. The van der Waals surface area contributed by atoms with Crippen molar-refractivity contribution in [1.29, 1.82) is 0 Å². The molecule has 0 bridgehead atoms. The minimum atomic E-state index is -1.16. The average molecular weight is 505 g/mol. The molecule has 2 aliphatic heterocycles. The lowest BCUT2D eigenvalue weighted by Gasteiger charge is -2.48. The predicted octanol–water partition coefficient (Wildman–Crippen LogP) is 2.04. The lowest BCUT2D eigenvalue weighted by molar-refractivity contribution is -0.145. The molecule has 0 radical (unpaired) electrons. The second kappa shape index (κ2) is 10.9. The molecule has 0 aliphatic carbocycles. The Hall–Kier alpha value is -3.49. The summed E-state index contributed by atoms with van der Waals surface area (Å²) in [5.74, 6) is -0.730. The van der Waals surface area contributed by atoms with Crippen LogP contribution in [0.15, 0.2) is 72.4 Å². The first-order valence-electron chi connectivity index (χ1n) is 12.6. The van der Waals surface area contributed by atoms with Crippen LogP contribution in [0.4, 0.5) is 0 Å². The van der Waals surface area contributed by atoms with Gasteiger partial charge in [0.25, 0.3) is 0 Å². The molecule has 196 valence electrons. The summed E-state index contributed by atoms with van der Waals surface area (Å²) < 4.78 is 5.86. The van der Waals surface area contributed by atoms with Crippen molar-refractivity contribution in [3.63, 3.8) is 0 Å². The molecule has 1 unspecified atom stereocenters. The quantitative estimate of drug-likeness (QED) is 0.542. The van der Waals surface area contributed by atoms with E-state index in [0.717, 1.165) is 16.8 Å². The monoisotopic (exact) mass is 504 g/mol. The lowest BCUT2D eigenvalue weighted by Crippen LogP contribution is -2.67. The zero-order valence-electron chi connectivity index (χ0n) is 21.8. The van der Waals surface area contributed by atoms with E-state index in [1.54, 1.807) is 24.8 Å². The van der Waals surface area contributed by atoms with E-state index in [-0.39, 0.29) is 24.8 Å². The number of fused-ring (bicyclic) bond motifs is 1. The van der Waals surface area contributed by atoms with Crippen molar-refractivity contribution < 1.29 is 19.1 Å². The number of nitrogens with two attached hydrogens (primary N) is 1. The molecule has 37 heavy (non-hydrogen) atoms. The first-order valence-corrected chi connectivity index (χ1v) is 12.6. The summed E-state index contributed by atoms with van der Waals surface area (Å²) in [5, 5.41) is 2.79. The number of carbonyl (C=O) groups excluding carboxylic acids is 3. The predicted molar refractivity (Wildman–Crippen MR) is 141 cm³/mol. The zero-order valence-corrected chi connectivity index (χ0v) is 21.8. The molecule has 0 saturated carbocycles. The van der Waals surface area contributed by atoms with Crippen molar-refractivity contribution in [2.75, 3.05) is 26.2 Å². The topological polar surface area (TPSA) is 105 Å². The molecular formula is C29H36N4O4. The third-order valence-electron chi connectivity index (χ3n) is 7.02. The van der Waals surface area contributed by atoms with Gasteiger partial charge in [0, 0.05) is 31.3 Å². The van der Waals surface area contributed by atoms with Crippen molar-refractivity contribution in [3.05, 3.63) is 83.6 Å². The Morgan fingerprint density at radius 2 is 1.68 bits per heavy atom. The highest BCUT2D eigenvalue weighted by Gasteiger charge is 2.52. The minimum absolute atomic E-state index is 0.00430. The van der Waals surface area contributed by atoms with Gasteiger partial charge in [-0.05, 0) is 31.9 Å². The van der Waals surface area contributed by atoms with Gasteiger partial charge in [0.2, 0.25) is 11.8 Å². The van der Waals surface area contributed by atoms with Gasteiger partial charge in [-0.15, -0.1) is 0 Å². The maximum atomic E-state index is 13.8. The van der Waals surface area contributed by atoms with Crippen LogP contribution in [0.3, 0.4) is 0 Å². The van der Waals surface area contributed by atoms with Crippen molar-refractivity contribution in [2.24, 2.45) is 5.73 Å². The van der Waals surface area contributed by atoms with Crippen LogP contribution in [0.25, 0.3) is 0 Å². The molecule has 1 fully saturated rings. The van der Waals surface area contributed by atoms with E-state index in [4.69, 9.17) is 10.5 Å². The molecule has 1 saturated heterocycles. The second-order valence-corrected chi connectivity index (χ2v) is 10.5. The number of ketones is 1. The van der Waals surface area contributed by atoms with Crippen LogP contribution in [-0.2, 0) is 32.1 Å². The maximum absolute atomic E-state index is 13.8. The van der Waals surface area contributed by atoms with E-state index in [1.807, 2.05) is 67.6 Å². The fourth-order valence-corrected chi connectivity index (χ4v) is 5.01. The molecule has 3 N–H and O–H groups in total. The normalized spacial score (nSPS) is 20.3. The Morgan fingerprint density at radius 3 is 2.30 bits per heavy atom. The average Bonchev–Trinajstić information content (AvgIpc) is 3.12. The van der Waals surface area contributed by atoms with E-state index in [9.17, 15) is 14.4 Å². The summed E-state index contributed by atoms with van der Waals surface area (Å²) in [4.78, 5) is 43.7. The number of benzene rings is 2. The maximum Gasteiger partial charge on any atom is 0.247 e. The number of rotatable bonds is 9. The van der Waals surface area contributed by atoms with E-state index in [0.29, 0.717) is 26.1 Å². The Bertz CT molecular complexity index is 1160. The first-order chi connectivity index (χ1) is 17.6. The van der Waals surface area contributed by atoms with Crippen LogP contribution in [0.5, 0.6) is 0 Å². The smallest absolute Gasteiger partial charge is 0.247 e. The molecule has 2 heterocycles. The fourth-order valence-electron chi connectivity index (χ4n) is 5.01. The Labute approximate surface area is 218 Å². The summed E-state index contributed by atoms with van der Waals surface area (Å²) in [5.41, 5.74) is 6.88. The summed E-state index contributed by atoms with van der Waals surface area (Å²) in [6, 6.07) is 18.5. The Kier molecular flexibility index (Phi) is 7.80. The molecule has 2 aliphatic rings. The number of hydrogen-bond donors (Lipinski definition) is 2. The van der Waals surface area contributed by atoms with Gasteiger partial charge >= 0.3 is 0 Å². The van der Waals surface area contributed by atoms with Crippen LogP contribution < -0.4 is 11.1 Å². The van der Waals surface area contributed by atoms with Crippen LogP contribution in [0.1, 0.15) is 31.9 Å². The number of nitrogens with one attached hydrogen (secondary N) is 1. The highest BCUT2D eigenvalue weighted by molar-refractivity contribution is 6.02. The fraction of sp³-hybridized carbons (Fsp3) is 0.414. The van der Waals surface area contributed by atoms with Crippen LogP contribution in [0, 0.1) is 0 Å². The zero-order chi connectivity index (χ0) is 26.6. The Morgan fingerprint density at radius 1 is 1.05 bits per heavy atom. The molecule has 2 atom stereocenters. The van der Waals surface area contributed by atoms with E-state index in [1.165, 1.54) is 0 Å². The second-order valence-electron chi connectivity index (χ2n) is 10.5. The van der Waals surface area contributed by atoms with Crippen LogP contribution in [0.2, 0.25) is 0 Å². The number of carbonyl (C=O) groups is 3. The van der Waals surface area contributed by atoms with Gasteiger partial charge < -0.3 is 25.6 Å². The van der Waals surface area contributed by atoms with E-state index >= 15 is 0 Å². The van der Waals surface area contributed by atoms with Crippen LogP contribution >= 0.6 is 0 Å². The number of hydrogen-bond acceptors (Lipinski definition) is 6. The molecule has 2 aromatic rings. The van der Waals surface area contributed by atoms with Crippen molar-refractivity contribution >= 4 is 17.6 Å². The number of allylic oxidation sites excluding steroid dienone is 1. The first kappa shape index (κ1) is 26.6. The van der Waals surface area contributed by atoms with Gasteiger partial charge in [-0.25, -0.2) is 0 Å². The molecule has 4 rings (SSSR count). The summed E-state index contributed by atoms with van der Waals surface area (Å²) in [6.45, 7) is 6.61. The standard InChI is InChI=1S/C29H36N4O4/c1-21-16-25(34)29(17-22-10-6-4-7-11-22)20-32(14-15-33(21)29)26(35)24(31-27(36)28(2,3)30)19-37-18-23-12-8-5-9-13-23/h4-13,16,24H,14-15,17-20,30H2,1-3H3,(H,31,36)/t24-,29?/m1/s1. The highest BCUT2D eigenvalue weighted by atomic mass is 16.5. The number of nitrogens with zero attached hydrogens (tertiary/aromatic N) is 2. The van der Waals surface area contributed by atoms with Gasteiger partial charge in [0.15, 0.2) is 5.78 Å². The SMILES string of the molecule is CC1=CC(=O)C2(Cc3ccccc3)CN(C(=O)[C@@H](COCc3ccccc3)NC(=O)C(C)(C)N)CCN12. The number of amides is 2. The molecule has 2 amide bonds. The largest absolute Gasteiger partial charge is 0.374 e. The van der Waals surface area contributed by atoms with Gasteiger partial charge in [-0.3, -0.25) is 14.4 Å². The van der Waals surface area contributed by atoms with Crippen molar-refractivity contribution in [3.8, 4) is 0 Å². The summed E-state index contributed by atoms with van der Waals surface area (Å²) in [7, 11) is 0. The molecule has 2 aromatic carbocycles. The molecule has 0 spiro atoms. The Balaban J connectivity index is 1.54. The van der Waals surface area contributed by atoms with Crippen LogP contribution in [-0.4, -0.2) is 70.8 Å². The van der Waals surface area contributed by atoms with E-state index < -0.39 is 23.0 Å². The van der Waals surface area contributed by atoms with Crippen molar-refractivity contribution in [2.45, 2.75) is 50.9 Å². The summed E-state index contributed by atoms with van der Waals surface area (Å²) >= 11 is 0.